The van der Waals surface area contributed by atoms with Gasteiger partial charge < -0.3 is 15.0 Å². The molecule has 2 N–H and O–H groups in total. The van der Waals surface area contributed by atoms with E-state index >= 15 is 0 Å². The number of nitrogens with zero attached hydrogens (tertiary/aromatic N) is 1. The van der Waals surface area contributed by atoms with Crippen LogP contribution in [0.15, 0.2) is 12.3 Å². The summed E-state index contributed by atoms with van der Waals surface area (Å²) in [6, 6.07) is 0.983. The van der Waals surface area contributed by atoms with E-state index in [-0.39, 0.29) is 23.2 Å². The number of carbonyl (C=O) groups is 3. The Morgan fingerprint density at radius 2 is 2.00 bits per heavy atom. The first-order valence-electron chi connectivity index (χ1n) is 3.95. The number of carboxylic acids is 2. The Kier molecular flexibility index (Phi) is 3.12. The van der Waals surface area contributed by atoms with Crippen LogP contribution in [0.4, 0.5) is 0 Å². The molecule has 0 atom stereocenters. The summed E-state index contributed by atoms with van der Waals surface area (Å²) in [6.45, 7) is 0. The molecule has 15 heavy (non-hydrogen) atoms. The number of rotatable bonds is 4. The fourth-order valence-corrected chi connectivity index (χ4v) is 1.04. The first-order chi connectivity index (χ1) is 7.06. The van der Waals surface area contributed by atoms with Crippen LogP contribution in [-0.4, -0.2) is 33.4 Å². The Hall–Kier alpha value is -2.24. The van der Waals surface area contributed by atoms with Crippen LogP contribution >= 0.6 is 0 Å². The first kappa shape index (κ1) is 10.8. The second-order valence-electron chi connectivity index (χ2n) is 2.70. The van der Waals surface area contributed by atoms with Gasteiger partial charge in [0.1, 0.15) is 6.29 Å². The third-order valence-electron chi connectivity index (χ3n) is 1.72. The third-order valence-corrected chi connectivity index (χ3v) is 1.72. The summed E-state index contributed by atoms with van der Waals surface area (Å²) < 4.78 is 0. The van der Waals surface area contributed by atoms with Crippen molar-refractivity contribution in [3.63, 3.8) is 0 Å². The lowest BCUT2D eigenvalue weighted by molar-refractivity contribution is -0.107. The van der Waals surface area contributed by atoms with Crippen molar-refractivity contribution >= 4 is 18.2 Å². The molecule has 0 aliphatic carbocycles. The van der Waals surface area contributed by atoms with Gasteiger partial charge in [0.15, 0.2) is 0 Å². The highest BCUT2D eigenvalue weighted by molar-refractivity contribution is 5.94. The van der Waals surface area contributed by atoms with E-state index in [1.165, 1.54) is 0 Å². The van der Waals surface area contributed by atoms with E-state index in [9.17, 15) is 14.4 Å². The van der Waals surface area contributed by atoms with E-state index < -0.39 is 11.9 Å². The summed E-state index contributed by atoms with van der Waals surface area (Å²) in [4.78, 5) is 35.1. The molecule has 0 fully saturated rings. The summed E-state index contributed by atoms with van der Waals surface area (Å²) in [5.41, 5.74) is -0.424. The summed E-state index contributed by atoms with van der Waals surface area (Å²) >= 11 is 0. The van der Waals surface area contributed by atoms with Gasteiger partial charge in [-0.3, -0.25) is 4.98 Å². The lowest BCUT2D eigenvalue weighted by Gasteiger charge is -2.02. The number of pyridine rings is 1. The number of hydrogen-bond donors (Lipinski definition) is 2. The molecule has 0 radical (unpaired) electrons. The molecule has 0 spiro atoms. The molecule has 1 heterocycles. The summed E-state index contributed by atoms with van der Waals surface area (Å²) in [7, 11) is 0. The number of hydrogen-bond acceptors (Lipinski definition) is 4. The second-order valence-corrected chi connectivity index (χ2v) is 2.70. The minimum Gasteiger partial charge on any atom is -0.478 e. The van der Waals surface area contributed by atoms with Crippen molar-refractivity contribution in [2.45, 2.75) is 6.42 Å². The molecule has 0 saturated heterocycles. The zero-order chi connectivity index (χ0) is 11.4. The van der Waals surface area contributed by atoms with Crippen LogP contribution in [0.1, 0.15) is 26.4 Å². The van der Waals surface area contributed by atoms with E-state index in [1.54, 1.807) is 0 Å². The number of aromatic nitrogens is 1. The van der Waals surface area contributed by atoms with Crippen LogP contribution in [0.25, 0.3) is 0 Å². The van der Waals surface area contributed by atoms with E-state index in [0.29, 0.717) is 6.29 Å². The quantitative estimate of drug-likeness (QED) is 0.687. The Labute approximate surface area is 84.2 Å². The van der Waals surface area contributed by atoms with Crippen LogP contribution in [0.5, 0.6) is 0 Å². The Bertz CT molecular complexity index is 427. The van der Waals surface area contributed by atoms with Crippen molar-refractivity contribution in [2.24, 2.45) is 0 Å². The number of carbonyl (C=O) groups excluding carboxylic acids is 1. The second kappa shape index (κ2) is 4.32. The predicted molar refractivity (Wildman–Crippen MR) is 47.9 cm³/mol. The average molecular weight is 209 g/mol. The van der Waals surface area contributed by atoms with E-state index in [4.69, 9.17) is 10.2 Å². The van der Waals surface area contributed by atoms with Gasteiger partial charge in [-0.25, -0.2) is 9.59 Å². The lowest BCUT2D eigenvalue weighted by Crippen LogP contribution is -2.09. The van der Waals surface area contributed by atoms with E-state index in [0.717, 1.165) is 12.3 Å². The lowest BCUT2D eigenvalue weighted by atomic mass is 10.1. The van der Waals surface area contributed by atoms with Crippen molar-refractivity contribution < 1.29 is 24.6 Å². The summed E-state index contributed by atoms with van der Waals surface area (Å²) in [5, 5.41) is 17.4. The fraction of sp³-hybridized carbons (Fsp3) is 0.111. The Balaban J connectivity index is 3.26. The van der Waals surface area contributed by atoms with Gasteiger partial charge >= 0.3 is 11.9 Å². The van der Waals surface area contributed by atoms with Crippen molar-refractivity contribution in [3.05, 3.63) is 29.1 Å². The monoisotopic (exact) mass is 209 g/mol. The number of aromatic carboxylic acids is 2. The predicted octanol–water partition coefficient (Wildman–Crippen LogP) is 0.219. The fourth-order valence-electron chi connectivity index (χ4n) is 1.04. The van der Waals surface area contributed by atoms with Gasteiger partial charge in [-0.1, -0.05) is 0 Å². The van der Waals surface area contributed by atoms with Crippen LogP contribution in [0, 0.1) is 0 Å². The molecular formula is C9H7NO5. The zero-order valence-electron chi connectivity index (χ0n) is 7.51. The molecule has 0 saturated carbocycles. The largest absolute Gasteiger partial charge is 0.478 e. The molecule has 6 heteroatoms. The van der Waals surface area contributed by atoms with E-state index in [1.807, 2.05) is 0 Å². The highest BCUT2D eigenvalue weighted by Crippen LogP contribution is 2.09. The SMILES string of the molecule is O=CCc1ncc(C(=O)O)cc1C(=O)O. The van der Waals surface area contributed by atoms with Crippen LogP contribution in [0.2, 0.25) is 0 Å². The molecular weight excluding hydrogens is 202 g/mol. The summed E-state index contributed by atoms with van der Waals surface area (Å²) in [5.74, 6) is -2.56. The molecule has 0 amide bonds. The minimum absolute atomic E-state index is 0.0579. The van der Waals surface area contributed by atoms with Gasteiger partial charge in [0.2, 0.25) is 0 Å². The molecule has 0 aromatic carbocycles. The number of carboxylic acid groups (broad SMARTS) is 2. The topological polar surface area (TPSA) is 105 Å². The van der Waals surface area contributed by atoms with Crippen LogP contribution < -0.4 is 0 Å². The van der Waals surface area contributed by atoms with Crippen molar-refractivity contribution in [1.82, 2.24) is 4.98 Å². The van der Waals surface area contributed by atoms with E-state index in [2.05, 4.69) is 4.98 Å². The molecule has 0 bridgehead atoms. The van der Waals surface area contributed by atoms with Crippen LogP contribution in [-0.2, 0) is 11.2 Å². The summed E-state index contributed by atoms with van der Waals surface area (Å²) in [6.07, 6.45) is 1.38. The molecule has 1 aromatic heterocycles. The molecule has 0 aliphatic heterocycles. The third kappa shape index (κ3) is 2.37. The van der Waals surface area contributed by atoms with Gasteiger partial charge in [-0.05, 0) is 6.07 Å². The normalized spacial score (nSPS) is 9.60. The smallest absolute Gasteiger partial charge is 0.337 e. The minimum atomic E-state index is -1.30. The van der Waals surface area contributed by atoms with Crippen molar-refractivity contribution in [1.29, 1.82) is 0 Å². The van der Waals surface area contributed by atoms with Gasteiger partial charge in [-0.2, -0.15) is 0 Å². The van der Waals surface area contributed by atoms with Gasteiger partial charge in [0.25, 0.3) is 0 Å². The van der Waals surface area contributed by atoms with Crippen LogP contribution in [0.3, 0.4) is 0 Å². The van der Waals surface area contributed by atoms with Gasteiger partial charge in [0.05, 0.1) is 16.8 Å². The standard InChI is InChI=1S/C9H7NO5/c11-2-1-7-6(9(14)15)3-5(4-10-7)8(12)13/h2-4H,1H2,(H,12,13)(H,14,15). The molecule has 6 nitrogen and oxygen atoms in total. The highest BCUT2D eigenvalue weighted by Gasteiger charge is 2.14. The van der Waals surface area contributed by atoms with Gasteiger partial charge in [-0.15, -0.1) is 0 Å². The Morgan fingerprint density at radius 3 is 2.47 bits per heavy atom. The molecule has 1 rings (SSSR count). The van der Waals surface area contributed by atoms with Gasteiger partial charge in [0, 0.05) is 12.6 Å². The first-order valence-corrected chi connectivity index (χ1v) is 3.95. The zero-order valence-corrected chi connectivity index (χ0v) is 7.51. The number of aldehydes is 1. The molecule has 0 unspecified atom stereocenters. The van der Waals surface area contributed by atoms with Crippen molar-refractivity contribution in [3.8, 4) is 0 Å². The molecule has 78 valence electrons. The maximum absolute atomic E-state index is 10.7. The average Bonchev–Trinajstić information content (AvgIpc) is 2.18. The Morgan fingerprint density at radius 1 is 1.33 bits per heavy atom. The maximum Gasteiger partial charge on any atom is 0.337 e. The highest BCUT2D eigenvalue weighted by atomic mass is 16.4. The maximum atomic E-state index is 10.7. The molecule has 0 aliphatic rings. The van der Waals surface area contributed by atoms with Crippen molar-refractivity contribution in [2.75, 3.05) is 0 Å². The molecule has 1 aromatic rings.